The van der Waals surface area contributed by atoms with Gasteiger partial charge >= 0.3 is 0 Å². The molecule has 0 bridgehead atoms. The van der Waals surface area contributed by atoms with Crippen LogP contribution in [0.4, 0.5) is 5.82 Å². The van der Waals surface area contributed by atoms with Crippen LogP contribution < -0.4 is 5.73 Å². The molecule has 2 N–H and O–H groups in total. The number of aromatic nitrogens is 1. The molecule has 5 heteroatoms. The molecule has 18 heavy (non-hydrogen) atoms. The number of hydrogen-bond donors (Lipinski definition) is 1. The molecule has 0 spiro atoms. The SMILES string of the molecule is CCOCCc1onc(N)c1-c1ccccc1Cl. The standard InChI is InChI=1S/C13H15ClN2O2/c1-2-17-8-7-11-12(13(15)16-18-11)9-5-3-4-6-10(9)14/h3-6H,2,7-8H2,1H3,(H2,15,16). The highest BCUT2D eigenvalue weighted by Crippen LogP contribution is 2.34. The first-order valence-corrected chi connectivity index (χ1v) is 6.18. The molecule has 0 atom stereocenters. The average Bonchev–Trinajstić information content (AvgIpc) is 2.72. The highest BCUT2D eigenvalue weighted by atomic mass is 35.5. The van der Waals surface area contributed by atoms with E-state index in [1.54, 1.807) is 0 Å². The van der Waals surface area contributed by atoms with Crippen LogP contribution in [0.5, 0.6) is 0 Å². The Morgan fingerprint density at radius 2 is 2.17 bits per heavy atom. The van der Waals surface area contributed by atoms with E-state index in [1.165, 1.54) is 0 Å². The van der Waals surface area contributed by atoms with E-state index in [4.69, 9.17) is 26.6 Å². The van der Waals surface area contributed by atoms with Crippen molar-refractivity contribution < 1.29 is 9.26 Å². The molecule has 96 valence electrons. The molecule has 0 fully saturated rings. The number of nitrogen functional groups attached to an aromatic ring is 1. The molecular weight excluding hydrogens is 252 g/mol. The van der Waals surface area contributed by atoms with Crippen molar-refractivity contribution in [2.24, 2.45) is 0 Å². The molecule has 0 aliphatic heterocycles. The third-order valence-corrected chi connectivity index (χ3v) is 2.94. The number of hydrogen-bond acceptors (Lipinski definition) is 4. The van der Waals surface area contributed by atoms with E-state index in [9.17, 15) is 0 Å². The normalized spacial score (nSPS) is 10.8. The van der Waals surface area contributed by atoms with Crippen molar-refractivity contribution in [3.8, 4) is 11.1 Å². The van der Waals surface area contributed by atoms with Gasteiger partial charge in [-0.2, -0.15) is 0 Å². The van der Waals surface area contributed by atoms with Crippen molar-refractivity contribution >= 4 is 17.4 Å². The lowest BCUT2D eigenvalue weighted by Crippen LogP contribution is -1.99. The van der Waals surface area contributed by atoms with Crippen LogP contribution in [0.1, 0.15) is 12.7 Å². The highest BCUT2D eigenvalue weighted by molar-refractivity contribution is 6.33. The summed E-state index contributed by atoms with van der Waals surface area (Å²) >= 11 is 6.16. The second-order valence-corrected chi connectivity index (χ2v) is 4.20. The maximum Gasteiger partial charge on any atom is 0.175 e. The number of nitrogens with zero attached hydrogens (tertiary/aromatic N) is 1. The van der Waals surface area contributed by atoms with Gasteiger partial charge in [0.25, 0.3) is 0 Å². The molecule has 0 saturated carbocycles. The Morgan fingerprint density at radius 3 is 2.89 bits per heavy atom. The van der Waals surface area contributed by atoms with Crippen molar-refractivity contribution in [3.63, 3.8) is 0 Å². The van der Waals surface area contributed by atoms with Crippen LogP contribution in [0, 0.1) is 0 Å². The summed E-state index contributed by atoms with van der Waals surface area (Å²) in [6.07, 6.45) is 0.624. The van der Waals surface area contributed by atoms with Crippen LogP contribution >= 0.6 is 11.6 Å². The van der Waals surface area contributed by atoms with Gasteiger partial charge in [0.2, 0.25) is 0 Å². The molecule has 4 nitrogen and oxygen atoms in total. The molecule has 0 saturated heterocycles. The van der Waals surface area contributed by atoms with E-state index >= 15 is 0 Å². The average molecular weight is 267 g/mol. The van der Waals surface area contributed by atoms with Gasteiger partial charge in [0.1, 0.15) is 5.76 Å². The molecule has 2 aromatic rings. The number of anilines is 1. The minimum Gasteiger partial charge on any atom is -0.381 e. The minimum absolute atomic E-state index is 0.356. The summed E-state index contributed by atoms with van der Waals surface area (Å²) in [6, 6.07) is 7.49. The molecule has 0 amide bonds. The molecule has 0 unspecified atom stereocenters. The van der Waals surface area contributed by atoms with Gasteiger partial charge in [0.05, 0.1) is 12.2 Å². The van der Waals surface area contributed by atoms with Crippen LogP contribution in [0.3, 0.4) is 0 Å². The zero-order valence-electron chi connectivity index (χ0n) is 10.1. The lowest BCUT2D eigenvalue weighted by atomic mass is 10.0. The lowest BCUT2D eigenvalue weighted by molar-refractivity contribution is 0.145. The monoisotopic (exact) mass is 266 g/mol. The summed E-state index contributed by atoms with van der Waals surface area (Å²) in [5.41, 5.74) is 7.44. The van der Waals surface area contributed by atoms with Crippen LogP contribution in [-0.2, 0) is 11.2 Å². The number of nitrogens with two attached hydrogens (primary N) is 1. The van der Waals surface area contributed by atoms with Gasteiger partial charge in [-0.25, -0.2) is 0 Å². The van der Waals surface area contributed by atoms with Gasteiger partial charge in [0.15, 0.2) is 5.82 Å². The van der Waals surface area contributed by atoms with Crippen LogP contribution in [0.25, 0.3) is 11.1 Å². The summed E-state index contributed by atoms with van der Waals surface area (Å²) < 4.78 is 10.5. The summed E-state index contributed by atoms with van der Waals surface area (Å²) in [4.78, 5) is 0. The van der Waals surface area contributed by atoms with Gasteiger partial charge in [-0.05, 0) is 13.0 Å². The fraction of sp³-hybridized carbons (Fsp3) is 0.308. The van der Waals surface area contributed by atoms with Crippen molar-refractivity contribution in [2.75, 3.05) is 18.9 Å². The smallest absolute Gasteiger partial charge is 0.175 e. The van der Waals surface area contributed by atoms with E-state index in [2.05, 4.69) is 5.16 Å². The van der Waals surface area contributed by atoms with Crippen molar-refractivity contribution in [1.29, 1.82) is 0 Å². The number of benzene rings is 1. The first kappa shape index (κ1) is 12.9. The minimum atomic E-state index is 0.356. The van der Waals surface area contributed by atoms with E-state index in [0.717, 1.165) is 11.1 Å². The van der Waals surface area contributed by atoms with Crippen LogP contribution in [0.2, 0.25) is 5.02 Å². The Hall–Kier alpha value is -1.52. The summed E-state index contributed by atoms with van der Waals surface area (Å²) in [6.45, 7) is 3.19. The molecule has 0 aliphatic carbocycles. The molecule has 0 radical (unpaired) electrons. The van der Waals surface area contributed by atoms with E-state index in [1.807, 2.05) is 31.2 Å². The lowest BCUT2D eigenvalue weighted by Gasteiger charge is -2.04. The fourth-order valence-electron chi connectivity index (χ4n) is 1.77. The molecule has 0 aliphatic rings. The number of ether oxygens (including phenoxy) is 1. The van der Waals surface area contributed by atoms with Crippen molar-refractivity contribution in [2.45, 2.75) is 13.3 Å². The maximum atomic E-state index is 6.16. The summed E-state index contributed by atoms with van der Waals surface area (Å²) in [5, 5.41) is 4.43. The maximum absolute atomic E-state index is 6.16. The van der Waals surface area contributed by atoms with Gasteiger partial charge in [-0.15, -0.1) is 0 Å². The Morgan fingerprint density at radius 1 is 1.39 bits per heavy atom. The topological polar surface area (TPSA) is 61.3 Å². The third kappa shape index (κ3) is 2.66. The van der Waals surface area contributed by atoms with E-state index < -0.39 is 0 Å². The van der Waals surface area contributed by atoms with Crippen molar-refractivity contribution in [1.82, 2.24) is 5.16 Å². The predicted molar refractivity (Wildman–Crippen MR) is 71.6 cm³/mol. The predicted octanol–water partition coefficient (Wildman–Crippen LogP) is 3.16. The highest BCUT2D eigenvalue weighted by Gasteiger charge is 2.17. The first-order valence-electron chi connectivity index (χ1n) is 5.80. The van der Waals surface area contributed by atoms with Crippen LogP contribution in [-0.4, -0.2) is 18.4 Å². The third-order valence-electron chi connectivity index (χ3n) is 2.61. The molecule has 1 aromatic carbocycles. The number of rotatable bonds is 5. The van der Waals surface area contributed by atoms with Gasteiger partial charge < -0.3 is 15.0 Å². The number of halogens is 1. The largest absolute Gasteiger partial charge is 0.381 e. The first-order chi connectivity index (χ1) is 8.74. The van der Waals surface area contributed by atoms with E-state index in [0.29, 0.717) is 36.2 Å². The Kier molecular flexibility index (Phi) is 4.23. The Bertz CT molecular complexity index is 525. The van der Waals surface area contributed by atoms with Gasteiger partial charge in [-0.1, -0.05) is 35.0 Å². The Balaban J connectivity index is 2.32. The second-order valence-electron chi connectivity index (χ2n) is 3.79. The summed E-state index contributed by atoms with van der Waals surface area (Å²) in [7, 11) is 0. The zero-order valence-corrected chi connectivity index (χ0v) is 10.9. The van der Waals surface area contributed by atoms with Gasteiger partial charge in [-0.3, -0.25) is 0 Å². The Labute approximate surface area is 111 Å². The zero-order chi connectivity index (χ0) is 13.0. The summed E-state index contributed by atoms with van der Waals surface area (Å²) in [5.74, 6) is 1.06. The molecular formula is C13H15ClN2O2. The van der Waals surface area contributed by atoms with Gasteiger partial charge in [0, 0.05) is 23.6 Å². The molecule has 1 heterocycles. The molecule has 2 rings (SSSR count). The molecule has 1 aromatic heterocycles. The fourth-order valence-corrected chi connectivity index (χ4v) is 2.00. The quantitative estimate of drug-likeness (QED) is 0.845. The van der Waals surface area contributed by atoms with Crippen LogP contribution in [0.15, 0.2) is 28.8 Å². The van der Waals surface area contributed by atoms with Crippen molar-refractivity contribution in [3.05, 3.63) is 35.0 Å². The second kappa shape index (κ2) is 5.89. The van der Waals surface area contributed by atoms with E-state index in [-0.39, 0.29) is 0 Å².